The molecule has 0 fully saturated rings. The van der Waals surface area contributed by atoms with Crippen molar-refractivity contribution in [2.45, 2.75) is 60.8 Å². The summed E-state index contributed by atoms with van der Waals surface area (Å²) in [6.07, 6.45) is 3.94. The molecule has 82 valence electrons. The van der Waals surface area contributed by atoms with E-state index in [0.29, 0.717) is 0 Å². The van der Waals surface area contributed by atoms with Gasteiger partial charge in [-0.1, -0.05) is 60.5 Å². The summed E-state index contributed by atoms with van der Waals surface area (Å²) in [6, 6.07) is 0. The first-order chi connectivity index (χ1) is 5.92. The van der Waals surface area contributed by atoms with Crippen LogP contribution < -0.4 is 0 Å². The van der Waals surface area contributed by atoms with Crippen LogP contribution in [0.5, 0.6) is 0 Å². The van der Waals surface area contributed by atoms with E-state index in [4.69, 9.17) is 5.11 Å². The minimum atomic E-state index is 0.167. The van der Waals surface area contributed by atoms with Crippen LogP contribution in [0.25, 0.3) is 0 Å². The van der Waals surface area contributed by atoms with Gasteiger partial charge in [-0.25, -0.2) is 0 Å². The van der Waals surface area contributed by atoms with Gasteiger partial charge >= 0.3 is 0 Å². The minimum Gasteiger partial charge on any atom is -0.513 e. The van der Waals surface area contributed by atoms with E-state index in [1.165, 1.54) is 26.2 Å². The van der Waals surface area contributed by atoms with Gasteiger partial charge in [-0.15, -0.1) is 0 Å². The fraction of sp³-hybridized carbons (Fsp3) is 0.833. The lowest BCUT2D eigenvalue weighted by molar-refractivity contribution is 0.417. The Morgan fingerprint density at radius 2 is 1.31 bits per heavy atom. The number of rotatable bonds is 2. The van der Waals surface area contributed by atoms with Crippen molar-refractivity contribution >= 4 is 0 Å². The van der Waals surface area contributed by atoms with Crippen LogP contribution in [0.2, 0.25) is 0 Å². The molecule has 0 aliphatic carbocycles. The Kier molecular flexibility index (Phi) is 24.8. The first-order valence-corrected chi connectivity index (χ1v) is 5.26. The number of hydrogen-bond acceptors (Lipinski definition) is 1. The fourth-order valence-electron chi connectivity index (χ4n) is 0. The van der Waals surface area contributed by atoms with E-state index in [1.807, 2.05) is 0 Å². The summed E-state index contributed by atoms with van der Waals surface area (Å²) in [7, 11) is 0. The normalized spacial score (nSPS) is 7.92. The predicted octanol–water partition coefficient (Wildman–Crippen LogP) is 4.94. The van der Waals surface area contributed by atoms with Crippen molar-refractivity contribution in [1.82, 2.24) is 0 Å². The van der Waals surface area contributed by atoms with Crippen LogP contribution >= 0.6 is 0 Å². The predicted molar refractivity (Wildman–Crippen MR) is 63.2 cm³/mol. The summed E-state index contributed by atoms with van der Waals surface area (Å²) >= 11 is 0. The molecule has 0 heterocycles. The van der Waals surface area contributed by atoms with E-state index in [1.54, 1.807) is 0 Å². The van der Waals surface area contributed by atoms with Crippen molar-refractivity contribution in [3.8, 4) is 0 Å². The van der Waals surface area contributed by atoms with Crippen LogP contribution in [0.1, 0.15) is 60.8 Å². The van der Waals surface area contributed by atoms with E-state index in [2.05, 4.69) is 41.2 Å². The molecule has 0 aromatic carbocycles. The van der Waals surface area contributed by atoms with Crippen LogP contribution in [0.3, 0.4) is 0 Å². The van der Waals surface area contributed by atoms with Gasteiger partial charge in [-0.2, -0.15) is 0 Å². The number of aliphatic hydroxyl groups is 1. The number of aliphatic hydroxyl groups excluding tert-OH is 1. The average molecular weight is 188 g/mol. The molecular formula is C12H28O. The molecule has 0 amide bonds. The molecule has 0 aromatic heterocycles. The Morgan fingerprint density at radius 1 is 1.15 bits per heavy atom. The lowest BCUT2D eigenvalue weighted by Crippen LogP contribution is -1.77. The maximum Gasteiger partial charge on any atom is 0.0820 e. The molecule has 0 aliphatic heterocycles. The Morgan fingerprint density at radius 3 is 1.31 bits per heavy atom. The molecule has 1 N–H and O–H groups in total. The van der Waals surface area contributed by atoms with Crippen molar-refractivity contribution in [2.75, 3.05) is 0 Å². The van der Waals surface area contributed by atoms with Gasteiger partial charge in [-0.05, 0) is 12.8 Å². The quantitative estimate of drug-likeness (QED) is 0.609. The average Bonchev–Trinajstić information content (AvgIpc) is 2.04. The maximum absolute atomic E-state index is 7.86. The lowest BCUT2D eigenvalue weighted by atomic mass is 10.2. The van der Waals surface area contributed by atoms with E-state index in [0.717, 1.165) is 5.92 Å². The third-order valence-corrected chi connectivity index (χ3v) is 1.32. The Labute approximate surface area is 84.9 Å². The van der Waals surface area contributed by atoms with Crippen molar-refractivity contribution in [3.63, 3.8) is 0 Å². The van der Waals surface area contributed by atoms with Crippen molar-refractivity contribution in [2.24, 2.45) is 5.92 Å². The third-order valence-electron chi connectivity index (χ3n) is 1.32. The molecule has 0 spiro atoms. The summed E-state index contributed by atoms with van der Waals surface area (Å²) in [5.41, 5.74) is 0. The molecule has 0 bridgehead atoms. The second kappa shape index (κ2) is 17.6. The van der Waals surface area contributed by atoms with Gasteiger partial charge in [0.05, 0.1) is 5.76 Å². The van der Waals surface area contributed by atoms with Crippen molar-refractivity contribution in [3.05, 3.63) is 12.3 Å². The molecule has 0 unspecified atom stereocenters. The Hall–Kier alpha value is -0.460. The molecule has 0 aromatic rings. The van der Waals surface area contributed by atoms with Gasteiger partial charge in [0.25, 0.3) is 0 Å². The highest BCUT2D eigenvalue weighted by molar-refractivity contribution is 4.67. The molecule has 0 saturated carbocycles. The van der Waals surface area contributed by atoms with Crippen LogP contribution in [0.15, 0.2) is 12.3 Å². The highest BCUT2D eigenvalue weighted by atomic mass is 16.3. The summed E-state index contributed by atoms with van der Waals surface area (Å²) < 4.78 is 0. The summed E-state index contributed by atoms with van der Waals surface area (Å²) in [5.74, 6) is 1.05. The fourth-order valence-corrected chi connectivity index (χ4v) is 0. The minimum absolute atomic E-state index is 0.167. The van der Waals surface area contributed by atoms with Crippen molar-refractivity contribution < 1.29 is 5.11 Å². The standard InChI is InChI=1S/C5H12.C4H10.C3H6O/c1-4-5(2)3;1-3-4-2;1-3(2)4/h5H,4H2,1-3H3;3-4H2,1-2H3;4H,1H2,2H3. The largest absolute Gasteiger partial charge is 0.513 e. The van der Waals surface area contributed by atoms with Gasteiger partial charge in [0.2, 0.25) is 0 Å². The Bertz CT molecular complexity index is 79.1. The molecule has 1 heteroatoms. The van der Waals surface area contributed by atoms with Crippen LogP contribution in [0.4, 0.5) is 0 Å². The van der Waals surface area contributed by atoms with Crippen LogP contribution in [-0.2, 0) is 0 Å². The number of unbranched alkanes of at least 4 members (excludes halogenated alkanes) is 1. The summed E-state index contributed by atoms with van der Waals surface area (Å²) in [6.45, 7) is 15.6. The molecule has 0 radical (unpaired) electrons. The van der Waals surface area contributed by atoms with Gasteiger partial charge in [0.15, 0.2) is 0 Å². The molecule has 0 atom stereocenters. The third kappa shape index (κ3) is 163. The zero-order valence-electron chi connectivity index (χ0n) is 10.4. The van der Waals surface area contributed by atoms with E-state index >= 15 is 0 Å². The second-order valence-corrected chi connectivity index (χ2v) is 3.54. The monoisotopic (exact) mass is 188 g/mol. The highest BCUT2D eigenvalue weighted by Crippen LogP contribution is 1.93. The highest BCUT2D eigenvalue weighted by Gasteiger charge is 1.80. The maximum atomic E-state index is 7.86. The first-order valence-electron chi connectivity index (χ1n) is 5.26. The van der Waals surface area contributed by atoms with Gasteiger partial charge in [0, 0.05) is 0 Å². The molecule has 13 heavy (non-hydrogen) atoms. The summed E-state index contributed by atoms with van der Waals surface area (Å²) in [5, 5.41) is 7.86. The number of allylic oxidation sites excluding steroid dienone is 1. The molecule has 0 saturated heterocycles. The zero-order valence-corrected chi connectivity index (χ0v) is 10.4. The van der Waals surface area contributed by atoms with Gasteiger partial charge < -0.3 is 5.11 Å². The molecule has 1 nitrogen and oxygen atoms in total. The van der Waals surface area contributed by atoms with E-state index in [9.17, 15) is 0 Å². The SMILES string of the molecule is C=C(C)O.CCC(C)C.CCCC. The lowest BCUT2D eigenvalue weighted by Gasteiger charge is -1.90. The number of hydrogen-bond donors (Lipinski definition) is 1. The molecule has 0 rings (SSSR count). The van der Waals surface area contributed by atoms with E-state index in [-0.39, 0.29) is 5.76 Å². The van der Waals surface area contributed by atoms with Crippen LogP contribution in [-0.4, -0.2) is 5.11 Å². The second-order valence-electron chi connectivity index (χ2n) is 3.54. The van der Waals surface area contributed by atoms with Gasteiger partial charge in [-0.3, -0.25) is 0 Å². The summed E-state index contributed by atoms with van der Waals surface area (Å²) in [4.78, 5) is 0. The van der Waals surface area contributed by atoms with Gasteiger partial charge in [0.1, 0.15) is 0 Å². The zero-order chi connectivity index (χ0) is 11.3. The first kappa shape index (κ1) is 18.3. The smallest absolute Gasteiger partial charge is 0.0820 e. The topological polar surface area (TPSA) is 20.2 Å². The van der Waals surface area contributed by atoms with Crippen LogP contribution in [0, 0.1) is 5.92 Å². The Balaban J connectivity index is -0.000000117. The van der Waals surface area contributed by atoms with Crippen molar-refractivity contribution in [1.29, 1.82) is 0 Å². The molecule has 0 aliphatic rings. The molecular weight excluding hydrogens is 160 g/mol. The van der Waals surface area contributed by atoms with E-state index < -0.39 is 0 Å².